The quantitative estimate of drug-likeness (QED) is 0.473. The molecule has 0 unspecified atom stereocenters. The highest BCUT2D eigenvalue weighted by atomic mass is 16.6. The van der Waals surface area contributed by atoms with Crippen LogP contribution in [0.1, 0.15) is 16.2 Å². The average Bonchev–Trinajstić information content (AvgIpc) is 2.93. The van der Waals surface area contributed by atoms with Crippen LogP contribution in [0.2, 0.25) is 0 Å². The number of hydrogen-bond acceptors (Lipinski definition) is 5. The van der Waals surface area contributed by atoms with Crippen LogP contribution >= 0.6 is 0 Å². The predicted molar refractivity (Wildman–Crippen MR) is 69.2 cm³/mol. The summed E-state index contributed by atoms with van der Waals surface area (Å²) in [6, 6.07) is 6.86. The van der Waals surface area contributed by atoms with Crippen LogP contribution < -0.4 is 4.74 Å². The van der Waals surface area contributed by atoms with Gasteiger partial charge in [0.1, 0.15) is 11.9 Å². The number of ketones is 1. The zero-order valence-corrected chi connectivity index (χ0v) is 10.4. The van der Waals surface area contributed by atoms with Crippen LogP contribution in [-0.4, -0.2) is 20.3 Å². The third-order valence-electron chi connectivity index (χ3n) is 3.02. The molecule has 7 nitrogen and oxygen atoms in total. The van der Waals surface area contributed by atoms with E-state index < -0.39 is 4.92 Å². The minimum absolute atomic E-state index is 0.106. The van der Waals surface area contributed by atoms with Gasteiger partial charge in [0.2, 0.25) is 11.6 Å². The van der Waals surface area contributed by atoms with Crippen molar-refractivity contribution in [1.82, 2.24) is 9.55 Å². The normalized spacial score (nSPS) is 15.2. The summed E-state index contributed by atoms with van der Waals surface area (Å²) in [5, 5.41) is 10.7. The number of hydrogen-bond donors (Lipinski definition) is 0. The van der Waals surface area contributed by atoms with Gasteiger partial charge >= 0.3 is 5.82 Å². The first-order valence-corrected chi connectivity index (χ1v) is 5.77. The third-order valence-corrected chi connectivity index (χ3v) is 3.02. The number of carbonyl (C=O) groups is 1. The van der Waals surface area contributed by atoms with Crippen molar-refractivity contribution >= 4 is 17.7 Å². The number of aromatic nitrogens is 2. The Hall–Kier alpha value is -2.96. The van der Waals surface area contributed by atoms with Crippen LogP contribution in [0.15, 0.2) is 36.2 Å². The molecule has 0 fully saturated rings. The van der Waals surface area contributed by atoms with Crippen LogP contribution in [0.5, 0.6) is 5.75 Å². The van der Waals surface area contributed by atoms with E-state index in [0.717, 1.165) is 6.20 Å². The predicted octanol–water partition coefficient (Wildman–Crippen LogP) is 1.94. The summed E-state index contributed by atoms with van der Waals surface area (Å²) in [5.74, 6) is 0.459. The van der Waals surface area contributed by atoms with E-state index in [1.807, 2.05) is 0 Å². The van der Waals surface area contributed by atoms with E-state index >= 15 is 0 Å². The number of benzene rings is 1. The van der Waals surface area contributed by atoms with E-state index in [-0.39, 0.29) is 23.2 Å². The summed E-state index contributed by atoms with van der Waals surface area (Å²) in [6.45, 7) is 0. The fourth-order valence-corrected chi connectivity index (χ4v) is 1.97. The Morgan fingerprint density at radius 1 is 1.40 bits per heavy atom. The van der Waals surface area contributed by atoms with E-state index in [4.69, 9.17) is 4.74 Å². The Kier molecular flexibility index (Phi) is 2.60. The third kappa shape index (κ3) is 1.76. The second-order valence-electron chi connectivity index (χ2n) is 4.23. The molecule has 3 rings (SSSR count). The molecule has 0 radical (unpaired) electrons. The number of fused-ring (bicyclic) bond motifs is 1. The molecule has 100 valence electrons. The van der Waals surface area contributed by atoms with Crippen LogP contribution in [-0.2, 0) is 7.05 Å². The molecular formula is C13H9N3O4. The molecule has 0 saturated heterocycles. The van der Waals surface area contributed by atoms with E-state index in [2.05, 4.69) is 4.98 Å². The van der Waals surface area contributed by atoms with Gasteiger partial charge in [-0.2, -0.15) is 0 Å². The zero-order valence-electron chi connectivity index (χ0n) is 10.4. The molecule has 0 spiro atoms. The Bertz CT molecular complexity index is 761. The Labute approximate surface area is 113 Å². The molecule has 1 aliphatic rings. The average molecular weight is 271 g/mol. The van der Waals surface area contributed by atoms with Crippen LogP contribution in [0.3, 0.4) is 0 Å². The van der Waals surface area contributed by atoms with Crippen LogP contribution in [0.4, 0.5) is 5.82 Å². The van der Waals surface area contributed by atoms with Crippen molar-refractivity contribution in [3.05, 3.63) is 57.7 Å². The molecule has 0 aliphatic carbocycles. The topological polar surface area (TPSA) is 87.3 Å². The number of nitro groups is 1. The van der Waals surface area contributed by atoms with Gasteiger partial charge in [0, 0.05) is 0 Å². The number of para-hydroxylation sites is 1. The molecule has 7 heteroatoms. The fraction of sp³-hybridized carbons (Fsp3) is 0.0769. The molecule has 20 heavy (non-hydrogen) atoms. The van der Waals surface area contributed by atoms with Gasteiger partial charge in [-0.25, -0.2) is 9.55 Å². The maximum absolute atomic E-state index is 12.1. The fourth-order valence-electron chi connectivity index (χ4n) is 1.97. The van der Waals surface area contributed by atoms with Crippen molar-refractivity contribution in [2.45, 2.75) is 0 Å². The number of carbonyl (C=O) groups excluding carboxylic acids is 1. The maximum atomic E-state index is 12.1. The van der Waals surface area contributed by atoms with Gasteiger partial charge in [0.15, 0.2) is 5.76 Å². The summed E-state index contributed by atoms with van der Waals surface area (Å²) in [4.78, 5) is 26.2. The summed E-state index contributed by atoms with van der Waals surface area (Å²) >= 11 is 0. The molecule has 1 aliphatic heterocycles. The van der Waals surface area contributed by atoms with Crippen LogP contribution in [0, 0.1) is 10.1 Å². The Morgan fingerprint density at radius 3 is 2.80 bits per heavy atom. The van der Waals surface area contributed by atoms with E-state index in [1.165, 1.54) is 17.7 Å². The highest BCUT2D eigenvalue weighted by Crippen LogP contribution is 2.31. The van der Waals surface area contributed by atoms with E-state index in [9.17, 15) is 14.9 Å². The summed E-state index contributed by atoms with van der Waals surface area (Å²) in [6.07, 6.45) is 2.54. The van der Waals surface area contributed by atoms with Crippen molar-refractivity contribution < 1.29 is 14.5 Å². The van der Waals surface area contributed by atoms with Gasteiger partial charge < -0.3 is 14.9 Å². The van der Waals surface area contributed by atoms with Gasteiger partial charge in [-0.05, 0) is 17.1 Å². The van der Waals surface area contributed by atoms with Crippen LogP contribution in [0.25, 0.3) is 6.08 Å². The molecule has 2 heterocycles. The first-order valence-electron chi connectivity index (χ1n) is 5.77. The first-order chi connectivity index (χ1) is 9.58. The minimum Gasteiger partial charge on any atom is -0.452 e. The van der Waals surface area contributed by atoms with Crippen molar-refractivity contribution in [1.29, 1.82) is 0 Å². The molecule has 2 aromatic rings. The number of rotatable bonds is 2. The summed E-state index contributed by atoms with van der Waals surface area (Å²) in [7, 11) is 1.50. The largest absolute Gasteiger partial charge is 0.452 e. The molecule has 0 atom stereocenters. The number of imidazole rings is 1. The van der Waals surface area contributed by atoms with Gasteiger partial charge in [-0.3, -0.25) is 4.79 Å². The highest BCUT2D eigenvalue weighted by Gasteiger charge is 2.28. The van der Waals surface area contributed by atoms with Gasteiger partial charge in [0.05, 0.1) is 18.7 Å². The number of nitrogens with zero attached hydrogens (tertiary/aromatic N) is 3. The van der Waals surface area contributed by atoms with Crippen molar-refractivity contribution in [3.8, 4) is 5.75 Å². The standard InChI is InChI=1S/C13H9N3O4/c1-15-11(14-7-12(15)16(18)19)6-10-13(17)8-4-2-3-5-9(8)20-10/h2-7H,1H3/b10-6-. The van der Waals surface area contributed by atoms with E-state index in [0.29, 0.717) is 11.3 Å². The van der Waals surface area contributed by atoms with Gasteiger partial charge in [-0.15, -0.1) is 0 Å². The monoisotopic (exact) mass is 271 g/mol. The molecule has 1 aromatic carbocycles. The Balaban J connectivity index is 2.00. The lowest BCUT2D eigenvalue weighted by molar-refractivity contribution is -0.391. The Morgan fingerprint density at radius 2 is 2.15 bits per heavy atom. The van der Waals surface area contributed by atoms with Gasteiger partial charge in [-0.1, -0.05) is 12.1 Å². The van der Waals surface area contributed by atoms with Crippen molar-refractivity contribution in [2.24, 2.45) is 7.05 Å². The minimum atomic E-state index is -0.541. The number of allylic oxidation sites excluding steroid dienone is 1. The maximum Gasteiger partial charge on any atom is 0.342 e. The zero-order chi connectivity index (χ0) is 14.3. The molecule has 1 aromatic heterocycles. The smallest absolute Gasteiger partial charge is 0.342 e. The van der Waals surface area contributed by atoms with Gasteiger partial charge in [0.25, 0.3) is 0 Å². The second-order valence-corrected chi connectivity index (χ2v) is 4.23. The lowest BCUT2D eigenvalue weighted by Gasteiger charge is -1.97. The lowest BCUT2D eigenvalue weighted by Crippen LogP contribution is -2.02. The lowest BCUT2D eigenvalue weighted by atomic mass is 10.1. The second kappa shape index (κ2) is 4.30. The van der Waals surface area contributed by atoms with E-state index in [1.54, 1.807) is 24.3 Å². The summed E-state index contributed by atoms with van der Waals surface area (Å²) < 4.78 is 6.72. The summed E-state index contributed by atoms with van der Waals surface area (Å²) in [5.41, 5.74) is 0.474. The first kappa shape index (κ1) is 12.1. The SMILES string of the molecule is Cn1c([N+](=O)[O-])cnc1/C=C1\Oc2ccccc2C1=O. The molecule has 0 N–H and O–H groups in total. The number of ether oxygens (including phenoxy) is 1. The number of Topliss-reactive ketones (excluding diaryl/α,β-unsaturated/α-hetero) is 1. The molecule has 0 saturated carbocycles. The van der Waals surface area contributed by atoms with Crippen molar-refractivity contribution in [2.75, 3.05) is 0 Å². The molecule has 0 bridgehead atoms. The molecular weight excluding hydrogens is 262 g/mol. The molecule has 0 amide bonds. The van der Waals surface area contributed by atoms with Crippen molar-refractivity contribution in [3.63, 3.8) is 0 Å². The highest BCUT2D eigenvalue weighted by molar-refractivity contribution is 6.14.